The standard InChI is InChI=1S/C17H22N2O2/c18-14(13-6-2-1-3-7-13)8-11-19-15(20)12-17(16(19)21)9-4-5-10-17/h1-3,6-7,14H,4-5,8-12,18H2. The highest BCUT2D eigenvalue weighted by Crippen LogP contribution is 2.46. The number of carbonyl (C=O) groups excluding carboxylic acids is 2. The van der Waals surface area contributed by atoms with Crippen LogP contribution in [0.2, 0.25) is 0 Å². The molecule has 0 bridgehead atoms. The van der Waals surface area contributed by atoms with Crippen molar-refractivity contribution in [3.63, 3.8) is 0 Å². The number of imide groups is 1. The summed E-state index contributed by atoms with van der Waals surface area (Å²) in [6.45, 7) is 0.440. The number of likely N-dealkylation sites (tertiary alicyclic amines) is 1. The number of carbonyl (C=O) groups is 2. The summed E-state index contributed by atoms with van der Waals surface area (Å²) in [7, 11) is 0. The van der Waals surface area contributed by atoms with Gasteiger partial charge in [0.15, 0.2) is 0 Å². The van der Waals surface area contributed by atoms with Crippen molar-refractivity contribution in [3.8, 4) is 0 Å². The van der Waals surface area contributed by atoms with Crippen molar-refractivity contribution in [2.45, 2.75) is 44.6 Å². The van der Waals surface area contributed by atoms with Crippen LogP contribution in [-0.4, -0.2) is 23.3 Å². The topological polar surface area (TPSA) is 63.4 Å². The van der Waals surface area contributed by atoms with Crippen LogP contribution in [-0.2, 0) is 9.59 Å². The van der Waals surface area contributed by atoms with Gasteiger partial charge in [-0.25, -0.2) is 0 Å². The van der Waals surface area contributed by atoms with Gasteiger partial charge in [-0.3, -0.25) is 14.5 Å². The Morgan fingerprint density at radius 1 is 1.14 bits per heavy atom. The van der Waals surface area contributed by atoms with E-state index in [4.69, 9.17) is 5.73 Å². The number of amides is 2. The van der Waals surface area contributed by atoms with Gasteiger partial charge in [-0.05, 0) is 24.8 Å². The summed E-state index contributed by atoms with van der Waals surface area (Å²) < 4.78 is 0. The van der Waals surface area contributed by atoms with E-state index in [9.17, 15) is 9.59 Å². The Labute approximate surface area is 125 Å². The summed E-state index contributed by atoms with van der Waals surface area (Å²) >= 11 is 0. The normalized spacial score (nSPS) is 22.2. The van der Waals surface area contributed by atoms with Gasteiger partial charge < -0.3 is 5.73 Å². The van der Waals surface area contributed by atoms with E-state index < -0.39 is 0 Å². The summed E-state index contributed by atoms with van der Waals surface area (Å²) in [6, 6.07) is 9.69. The summed E-state index contributed by atoms with van der Waals surface area (Å²) in [4.78, 5) is 26.2. The van der Waals surface area contributed by atoms with Gasteiger partial charge in [0.1, 0.15) is 0 Å². The van der Waals surface area contributed by atoms with Crippen LogP contribution in [0.4, 0.5) is 0 Å². The molecule has 1 spiro atoms. The predicted octanol–water partition coefficient (Wildman–Crippen LogP) is 2.40. The number of benzene rings is 1. The molecule has 1 aliphatic carbocycles. The SMILES string of the molecule is NC(CCN1C(=O)CC2(CCCC2)C1=O)c1ccccc1. The molecule has 112 valence electrons. The smallest absolute Gasteiger partial charge is 0.235 e. The van der Waals surface area contributed by atoms with Crippen molar-refractivity contribution in [1.29, 1.82) is 0 Å². The first kappa shape index (κ1) is 14.3. The van der Waals surface area contributed by atoms with E-state index in [0.29, 0.717) is 19.4 Å². The van der Waals surface area contributed by atoms with Gasteiger partial charge in [0.2, 0.25) is 11.8 Å². The van der Waals surface area contributed by atoms with Crippen LogP contribution >= 0.6 is 0 Å². The first-order chi connectivity index (χ1) is 10.1. The van der Waals surface area contributed by atoms with Crippen molar-refractivity contribution in [2.24, 2.45) is 11.1 Å². The first-order valence-corrected chi connectivity index (χ1v) is 7.78. The Morgan fingerprint density at radius 2 is 1.81 bits per heavy atom. The number of hydrogen-bond acceptors (Lipinski definition) is 3. The molecule has 3 rings (SSSR count). The Balaban J connectivity index is 1.63. The second kappa shape index (κ2) is 5.60. The maximum atomic E-state index is 12.6. The monoisotopic (exact) mass is 286 g/mol. The molecule has 1 aliphatic heterocycles. The van der Waals surface area contributed by atoms with Gasteiger partial charge >= 0.3 is 0 Å². The molecule has 0 radical (unpaired) electrons. The summed E-state index contributed by atoms with van der Waals surface area (Å²) in [6.07, 6.45) is 4.91. The van der Waals surface area contributed by atoms with E-state index in [1.807, 2.05) is 30.3 Å². The van der Waals surface area contributed by atoms with Crippen molar-refractivity contribution >= 4 is 11.8 Å². The van der Waals surface area contributed by atoms with E-state index in [1.54, 1.807) is 0 Å². The second-order valence-corrected chi connectivity index (χ2v) is 6.32. The Hall–Kier alpha value is -1.68. The zero-order valence-electron chi connectivity index (χ0n) is 12.3. The summed E-state index contributed by atoms with van der Waals surface area (Å²) in [5.74, 6) is 0.0347. The third-order valence-corrected chi connectivity index (χ3v) is 4.94. The average molecular weight is 286 g/mol. The van der Waals surface area contributed by atoms with Gasteiger partial charge in [0.05, 0.1) is 5.41 Å². The van der Waals surface area contributed by atoms with Crippen LogP contribution < -0.4 is 5.73 Å². The fourth-order valence-electron chi connectivity index (χ4n) is 3.66. The number of nitrogens with zero attached hydrogens (tertiary/aromatic N) is 1. The number of rotatable bonds is 4. The molecule has 1 heterocycles. The highest BCUT2D eigenvalue weighted by Gasteiger charge is 2.52. The van der Waals surface area contributed by atoms with Crippen LogP contribution in [0.15, 0.2) is 30.3 Å². The van der Waals surface area contributed by atoms with E-state index in [0.717, 1.165) is 31.2 Å². The van der Waals surface area contributed by atoms with Crippen LogP contribution in [0.3, 0.4) is 0 Å². The Bertz CT molecular complexity index is 535. The molecule has 2 aliphatic rings. The van der Waals surface area contributed by atoms with Gasteiger partial charge in [-0.15, -0.1) is 0 Å². The minimum Gasteiger partial charge on any atom is -0.324 e. The fraction of sp³-hybridized carbons (Fsp3) is 0.529. The molecule has 21 heavy (non-hydrogen) atoms. The van der Waals surface area contributed by atoms with E-state index in [-0.39, 0.29) is 23.3 Å². The zero-order chi connectivity index (χ0) is 14.9. The molecule has 4 nitrogen and oxygen atoms in total. The number of nitrogens with two attached hydrogens (primary N) is 1. The van der Waals surface area contributed by atoms with Gasteiger partial charge in [0.25, 0.3) is 0 Å². The van der Waals surface area contributed by atoms with Crippen molar-refractivity contribution in [1.82, 2.24) is 4.90 Å². The average Bonchev–Trinajstić information content (AvgIpc) is 3.05. The molecule has 2 fully saturated rings. The Kier molecular flexibility index (Phi) is 3.81. The Morgan fingerprint density at radius 3 is 2.48 bits per heavy atom. The van der Waals surface area contributed by atoms with Crippen molar-refractivity contribution in [3.05, 3.63) is 35.9 Å². The van der Waals surface area contributed by atoms with Crippen LogP contribution in [0.5, 0.6) is 0 Å². The first-order valence-electron chi connectivity index (χ1n) is 7.78. The lowest BCUT2D eigenvalue weighted by Crippen LogP contribution is -2.36. The molecule has 0 aromatic heterocycles. The van der Waals surface area contributed by atoms with Crippen LogP contribution in [0.25, 0.3) is 0 Å². The third-order valence-electron chi connectivity index (χ3n) is 4.94. The maximum absolute atomic E-state index is 12.6. The third kappa shape index (κ3) is 2.60. The van der Waals surface area contributed by atoms with E-state index >= 15 is 0 Å². The second-order valence-electron chi connectivity index (χ2n) is 6.32. The lowest BCUT2D eigenvalue weighted by Gasteiger charge is -2.22. The predicted molar refractivity (Wildman–Crippen MR) is 80.2 cm³/mol. The maximum Gasteiger partial charge on any atom is 0.235 e. The molecular weight excluding hydrogens is 264 g/mol. The molecule has 1 unspecified atom stereocenters. The molecule has 4 heteroatoms. The fourth-order valence-corrected chi connectivity index (χ4v) is 3.66. The van der Waals surface area contributed by atoms with Crippen molar-refractivity contribution in [2.75, 3.05) is 6.54 Å². The molecule has 2 N–H and O–H groups in total. The molecule has 1 atom stereocenters. The molecule has 1 aromatic carbocycles. The van der Waals surface area contributed by atoms with Gasteiger partial charge in [-0.1, -0.05) is 43.2 Å². The lowest BCUT2D eigenvalue weighted by atomic mass is 9.84. The largest absolute Gasteiger partial charge is 0.324 e. The molecular formula is C17H22N2O2. The van der Waals surface area contributed by atoms with E-state index in [2.05, 4.69) is 0 Å². The van der Waals surface area contributed by atoms with Crippen LogP contribution in [0.1, 0.15) is 50.1 Å². The highest BCUT2D eigenvalue weighted by atomic mass is 16.2. The molecule has 1 saturated heterocycles. The van der Waals surface area contributed by atoms with Gasteiger partial charge in [0, 0.05) is 19.0 Å². The van der Waals surface area contributed by atoms with Gasteiger partial charge in [-0.2, -0.15) is 0 Å². The molecule has 1 aromatic rings. The summed E-state index contributed by atoms with van der Waals surface area (Å²) in [5.41, 5.74) is 6.84. The molecule has 1 saturated carbocycles. The number of hydrogen-bond donors (Lipinski definition) is 1. The summed E-state index contributed by atoms with van der Waals surface area (Å²) in [5, 5.41) is 0. The van der Waals surface area contributed by atoms with E-state index in [1.165, 1.54) is 4.90 Å². The highest BCUT2D eigenvalue weighted by molar-refractivity contribution is 6.06. The quantitative estimate of drug-likeness (QED) is 0.864. The zero-order valence-corrected chi connectivity index (χ0v) is 12.3. The lowest BCUT2D eigenvalue weighted by molar-refractivity contribution is -0.141. The molecule has 2 amide bonds. The minimum atomic E-state index is -0.367. The minimum absolute atomic E-state index is 0.0119. The van der Waals surface area contributed by atoms with Crippen LogP contribution in [0, 0.1) is 5.41 Å². The van der Waals surface area contributed by atoms with Crippen molar-refractivity contribution < 1.29 is 9.59 Å².